The number of ether oxygens (including phenoxy) is 1. The van der Waals surface area contributed by atoms with Crippen molar-refractivity contribution in [2.45, 2.75) is 51.9 Å². The second-order valence-electron chi connectivity index (χ2n) is 6.38. The minimum absolute atomic E-state index is 0.219. The van der Waals surface area contributed by atoms with Gasteiger partial charge in [-0.3, -0.25) is 9.79 Å². The van der Waals surface area contributed by atoms with E-state index in [1.165, 1.54) is 38.0 Å². The van der Waals surface area contributed by atoms with E-state index in [0.717, 1.165) is 24.1 Å². The molecule has 25 heavy (non-hydrogen) atoms. The standard InChI is InChI=1S/C20H27FN2O2/c1-14-13-16(9-10-17(14)21)20(22-2)23-18(11-12-19(24)25-3)15-7-5-4-6-8-15/h9-10,13H,4-8,11-12H2,1-3H3,(H,22,23). The van der Waals surface area contributed by atoms with Crippen LogP contribution in [0.25, 0.3) is 0 Å². The first-order valence-electron chi connectivity index (χ1n) is 8.83. The van der Waals surface area contributed by atoms with E-state index in [0.29, 0.717) is 24.2 Å². The van der Waals surface area contributed by atoms with Crippen LogP contribution in [0.1, 0.15) is 56.1 Å². The first-order chi connectivity index (χ1) is 12.0. The van der Waals surface area contributed by atoms with Crippen LogP contribution in [0.2, 0.25) is 0 Å². The lowest BCUT2D eigenvalue weighted by Gasteiger charge is -2.21. The molecule has 5 heteroatoms. The third-order valence-corrected chi connectivity index (χ3v) is 4.61. The van der Waals surface area contributed by atoms with Gasteiger partial charge in [-0.2, -0.15) is 0 Å². The van der Waals surface area contributed by atoms with Crippen LogP contribution in [0.3, 0.4) is 0 Å². The van der Waals surface area contributed by atoms with E-state index >= 15 is 0 Å². The molecule has 0 aromatic heterocycles. The average Bonchev–Trinajstić information content (AvgIpc) is 2.64. The minimum Gasteiger partial charge on any atom is -0.469 e. The van der Waals surface area contributed by atoms with Crippen molar-refractivity contribution in [3.05, 3.63) is 46.4 Å². The Labute approximate surface area is 149 Å². The first kappa shape index (κ1) is 19.2. The van der Waals surface area contributed by atoms with Gasteiger partial charge in [0, 0.05) is 18.3 Å². The molecule has 1 N–H and O–H groups in total. The van der Waals surface area contributed by atoms with Crippen LogP contribution in [0.5, 0.6) is 0 Å². The quantitative estimate of drug-likeness (QED) is 0.492. The van der Waals surface area contributed by atoms with Gasteiger partial charge >= 0.3 is 5.97 Å². The number of nitrogens with one attached hydrogen (secondary N) is 1. The fourth-order valence-corrected chi connectivity index (χ4v) is 3.13. The zero-order chi connectivity index (χ0) is 18.2. The van der Waals surface area contributed by atoms with Gasteiger partial charge in [0.25, 0.3) is 0 Å². The number of allylic oxidation sites excluding steroid dienone is 2. The molecule has 0 atom stereocenters. The number of aliphatic imine (C=N–C) groups is 1. The van der Waals surface area contributed by atoms with Crippen LogP contribution >= 0.6 is 0 Å². The molecule has 0 amide bonds. The molecule has 0 aliphatic heterocycles. The van der Waals surface area contributed by atoms with Crippen molar-refractivity contribution in [1.29, 1.82) is 0 Å². The number of benzene rings is 1. The minimum atomic E-state index is -0.226. The SMILES string of the molecule is CN=C(NC(CCC(=O)OC)=C1CCCCC1)c1ccc(F)c(C)c1. The summed E-state index contributed by atoms with van der Waals surface area (Å²) in [7, 11) is 3.12. The van der Waals surface area contributed by atoms with E-state index in [1.54, 1.807) is 26.1 Å². The summed E-state index contributed by atoms with van der Waals surface area (Å²) in [6.45, 7) is 1.74. The number of hydrogen-bond acceptors (Lipinski definition) is 3. The Hall–Kier alpha value is -2.17. The second-order valence-corrected chi connectivity index (χ2v) is 6.38. The molecule has 1 fully saturated rings. The van der Waals surface area contributed by atoms with E-state index in [4.69, 9.17) is 4.74 Å². The summed E-state index contributed by atoms with van der Waals surface area (Å²) >= 11 is 0. The summed E-state index contributed by atoms with van der Waals surface area (Å²) in [6, 6.07) is 4.97. The summed E-state index contributed by atoms with van der Waals surface area (Å²) < 4.78 is 18.3. The molecule has 0 spiro atoms. The normalized spacial score (nSPS) is 15.0. The second kappa shape index (κ2) is 9.35. The zero-order valence-corrected chi connectivity index (χ0v) is 15.3. The van der Waals surface area contributed by atoms with E-state index in [1.807, 2.05) is 0 Å². The predicted octanol–water partition coefficient (Wildman–Crippen LogP) is 4.27. The highest BCUT2D eigenvalue weighted by Gasteiger charge is 2.15. The molecule has 0 unspecified atom stereocenters. The maximum Gasteiger partial charge on any atom is 0.305 e. The van der Waals surface area contributed by atoms with Crippen molar-refractivity contribution in [3.8, 4) is 0 Å². The summed E-state index contributed by atoms with van der Waals surface area (Å²) in [6.07, 6.45) is 6.62. The Balaban J connectivity index is 2.23. The topological polar surface area (TPSA) is 50.7 Å². The number of carbonyl (C=O) groups is 1. The van der Waals surface area contributed by atoms with Gasteiger partial charge in [-0.15, -0.1) is 0 Å². The van der Waals surface area contributed by atoms with Crippen molar-refractivity contribution in [3.63, 3.8) is 0 Å². The molecule has 4 nitrogen and oxygen atoms in total. The Morgan fingerprint density at radius 2 is 1.96 bits per heavy atom. The zero-order valence-electron chi connectivity index (χ0n) is 15.3. The summed E-state index contributed by atoms with van der Waals surface area (Å²) in [4.78, 5) is 15.9. The van der Waals surface area contributed by atoms with Gasteiger partial charge in [-0.05, 0) is 62.8 Å². The number of hydrogen-bond donors (Lipinski definition) is 1. The summed E-state index contributed by atoms with van der Waals surface area (Å²) in [5.41, 5.74) is 3.83. The number of nitrogens with zero attached hydrogens (tertiary/aromatic N) is 1. The lowest BCUT2D eigenvalue weighted by molar-refractivity contribution is -0.140. The largest absolute Gasteiger partial charge is 0.469 e. The molecule has 1 aromatic rings. The van der Waals surface area contributed by atoms with Gasteiger partial charge in [-0.1, -0.05) is 12.0 Å². The fourth-order valence-electron chi connectivity index (χ4n) is 3.13. The Kier molecular flexibility index (Phi) is 7.16. The summed E-state index contributed by atoms with van der Waals surface area (Å²) in [5.74, 6) is 0.250. The molecule has 0 saturated heterocycles. The molecule has 1 aromatic carbocycles. The van der Waals surface area contributed by atoms with Gasteiger partial charge < -0.3 is 10.1 Å². The van der Waals surface area contributed by atoms with Crippen molar-refractivity contribution < 1.29 is 13.9 Å². The Morgan fingerprint density at radius 1 is 1.24 bits per heavy atom. The Morgan fingerprint density at radius 3 is 2.56 bits per heavy atom. The average molecular weight is 346 g/mol. The number of carbonyl (C=O) groups excluding carboxylic acids is 1. The van der Waals surface area contributed by atoms with Crippen molar-refractivity contribution >= 4 is 11.8 Å². The van der Waals surface area contributed by atoms with Gasteiger partial charge in [0.05, 0.1) is 13.5 Å². The van der Waals surface area contributed by atoms with Crippen molar-refractivity contribution in [1.82, 2.24) is 5.32 Å². The van der Waals surface area contributed by atoms with E-state index in [9.17, 15) is 9.18 Å². The number of methoxy groups -OCH3 is 1. The predicted molar refractivity (Wildman–Crippen MR) is 98.1 cm³/mol. The van der Waals surface area contributed by atoms with E-state index in [2.05, 4.69) is 10.3 Å². The highest BCUT2D eigenvalue weighted by molar-refractivity contribution is 6.00. The van der Waals surface area contributed by atoms with E-state index < -0.39 is 0 Å². The third-order valence-electron chi connectivity index (χ3n) is 4.61. The molecule has 0 heterocycles. The molecule has 1 saturated carbocycles. The number of amidine groups is 1. The molecule has 0 radical (unpaired) electrons. The lowest BCUT2D eigenvalue weighted by Crippen LogP contribution is -2.26. The number of rotatable bonds is 5. The van der Waals surface area contributed by atoms with Crippen LogP contribution in [-0.2, 0) is 9.53 Å². The molecule has 1 aliphatic rings. The monoisotopic (exact) mass is 346 g/mol. The van der Waals surface area contributed by atoms with Gasteiger partial charge in [-0.25, -0.2) is 4.39 Å². The number of aryl methyl sites for hydroxylation is 1. The molecule has 0 bridgehead atoms. The molecular formula is C20H27FN2O2. The lowest BCUT2D eigenvalue weighted by atomic mass is 9.92. The van der Waals surface area contributed by atoms with Gasteiger partial charge in [0.15, 0.2) is 0 Å². The van der Waals surface area contributed by atoms with Crippen LogP contribution < -0.4 is 5.32 Å². The maximum atomic E-state index is 13.5. The molecule has 2 rings (SSSR count). The van der Waals surface area contributed by atoms with Crippen LogP contribution in [-0.4, -0.2) is 26.0 Å². The van der Waals surface area contributed by atoms with Crippen molar-refractivity contribution in [2.75, 3.05) is 14.2 Å². The Bertz CT molecular complexity index is 672. The first-order valence-corrected chi connectivity index (χ1v) is 8.83. The highest BCUT2D eigenvalue weighted by atomic mass is 19.1. The molecular weight excluding hydrogens is 319 g/mol. The molecule has 136 valence electrons. The van der Waals surface area contributed by atoms with Crippen LogP contribution in [0.15, 0.2) is 34.5 Å². The van der Waals surface area contributed by atoms with Gasteiger partial charge in [0.1, 0.15) is 11.7 Å². The highest BCUT2D eigenvalue weighted by Crippen LogP contribution is 2.27. The molecule has 1 aliphatic carbocycles. The number of esters is 1. The van der Waals surface area contributed by atoms with Crippen LogP contribution in [0, 0.1) is 12.7 Å². The summed E-state index contributed by atoms with van der Waals surface area (Å²) in [5, 5.41) is 3.42. The fraction of sp³-hybridized carbons (Fsp3) is 0.500. The maximum absolute atomic E-state index is 13.5. The third kappa shape index (κ3) is 5.41. The van der Waals surface area contributed by atoms with Crippen LogP contribution in [0.4, 0.5) is 4.39 Å². The van der Waals surface area contributed by atoms with Crippen molar-refractivity contribution in [2.24, 2.45) is 4.99 Å². The number of halogens is 1. The smallest absolute Gasteiger partial charge is 0.305 e. The van der Waals surface area contributed by atoms with E-state index in [-0.39, 0.29) is 11.8 Å². The van der Waals surface area contributed by atoms with Gasteiger partial charge in [0.2, 0.25) is 0 Å².